The van der Waals surface area contributed by atoms with Crippen LogP contribution in [0.3, 0.4) is 0 Å². The number of hydrogen-bond acceptors (Lipinski definition) is 2. The predicted molar refractivity (Wildman–Crippen MR) is 82.0 cm³/mol. The van der Waals surface area contributed by atoms with Crippen molar-refractivity contribution in [2.45, 2.75) is 63.8 Å². The number of fused-ring (bicyclic) bond motifs is 1. The highest BCUT2D eigenvalue weighted by atomic mass is 16.1. The predicted octanol–water partition coefficient (Wildman–Crippen LogP) is 3.66. The van der Waals surface area contributed by atoms with E-state index in [-0.39, 0.29) is 0 Å². The van der Waals surface area contributed by atoms with Gasteiger partial charge in [0.2, 0.25) is 0 Å². The smallest absolute Gasteiger partial charge is 0.163 e. The molecular formula is C18H25NO. The van der Waals surface area contributed by atoms with E-state index in [9.17, 15) is 4.79 Å². The summed E-state index contributed by atoms with van der Waals surface area (Å²) in [5.41, 5.74) is 9.73. The topological polar surface area (TPSA) is 43.1 Å². The Morgan fingerprint density at radius 2 is 1.75 bits per heavy atom. The summed E-state index contributed by atoms with van der Waals surface area (Å²) in [7, 11) is 0. The van der Waals surface area contributed by atoms with E-state index in [4.69, 9.17) is 5.73 Å². The molecule has 1 fully saturated rings. The number of aryl methyl sites for hydroxylation is 2. The van der Waals surface area contributed by atoms with Crippen molar-refractivity contribution in [3.63, 3.8) is 0 Å². The third kappa shape index (κ3) is 3.12. The van der Waals surface area contributed by atoms with Crippen molar-refractivity contribution >= 4 is 5.78 Å². The fraction of sp³-hybridized carbons (Fsp3) is 0.611. The SMILES string of the molecule is NC1CCC(CC(=O)c2ccc3c(c2)CCCC3)CC1. The normalized spacial score (nSPS) is 26.1. The Kier molecular flexibility index (Phi) is 4.21. The maximum Gasteiger partial charge on any atom is 0.163 e. The molecule has 2 nitrogen and oxygen atoms in total. The van der Waals surface area contributed by atoms with Gasteiger partial charge < -0.3 is 5.73 Å². The summed E-state index contributed by atoms with van der Waals surface area (Å²) in [4.78, 5) is 12.4. The fourth-order valence-corrected chi connectivity index (χ4v) is 3.68. The first kappa shape index (κ1) is 13.8. The van der Waals surface area contributed by atoms with E-state index < -0.39 is 0 Å². The highest BCUT2D eigenvalue weighted by Crippen LogP contribution is 2.28. The van der Waals surface area contributed by atoms with Gasteiger partial charge in [-0.3, -0.25) is 4.79 Å². The summed E-state index contributed by atoms with van der Waals surface area (Å²) >= 11 is 0. The minimum absolute atomic E-state index is 0.332. The van der Waals surface area contributed by atoms with Gasteiger partial charge in [0, 0.05) is 18.0 Å². The molecule has 2 heteroatoms. The molecule has 0 spiro atoms. The van der Waals surface area contributed by atoms with Crippen LogP contribution in [0.5, 0.6) is 0 Å². The van der Waals surface area contributed by atoms with Gasteiger partial charge in [-0.2, -0.15) is 0 Å². The zero-order valence-corrected chi connectivity index (χ0v) is 12.2. The molecule has 0 atom stereocenters. The van der Waals surface area contributed by atoms with E-state index >= 15 is 0 Å². The number of carbonyl (C=O) groups is 1. The first-order chi connectivity index (χ1) is 9.72. The zero-order valence-electron chi connectivity index (χ0n) is 12.2. The average molecular weight is 271 g/mol. The second-order valence-corrected chi connectivity index (χ2v) is 6.60. The van der Waals surface area contributed by atoms with Gasteiger partial charge in [-0.15, -0.1) is 0 Å². The molecular weight excluding hydrogens is 246 g/mol. The van der Waals surface area contributed by atoms with Crippen molar-refractivity contribution in [3.05, 3.63) is 34.9 Å². The molecule has 2 aliphatic rings. The molecule has 0 amide bonds. The number of hydrogen-bond donors (Lipinski definition) is 1. The number of nitrogens with two attached hydrogens (primary N) is 1. The molecule has 1 saturated carbocycles. The number of benzene rings is 1. The second-order valence-electron chi connectivity index (χ2n) is 6.60. The first-order valence-corrected chi connectivity index (χ1v) is 8.13. The Bertz CT molecular complexity index is 486. The van der Waals surface area contributed by atoms with Crippen LogP contribution in [-0.4, -0.2) is 11.8 Å². The molecule has 20 heavy (non-hydrogen) atoms. The van der Waals surface area contributed by atoms with Crippen molar-refractivity contribution in [3.8, 4) is 0 Å². The third-order valence-corrected chi connectivity index (χ3v) is 5.04. The number of Topliss-reactive ketones (excluding diaryl/α,β-unsaturated/α-hetero) is 1. The summed E-state index contributed by atoms with van der Waals surface area (Å²) in [6.07, 6.45) is 10.0. The van der Waals surface area contributed by atoms with Crippen LogP contribution in [-0.2, 0) is 12.8 Å². The summed E-state index contributed by atoms with van der Waals surface area (Å²) < 4.78 is 0. The molecule has 1 aromatic rings. The Morgan fingerprint density at radius 3 is 2.50 bits per heavy atom. The minimum atomic E-state index is 0.332. The highest BCUT2D eigenvalue weighted by Gasteiger charge is 2.22. The standard InChI is InChI=1S/C18H25NO/c19-17-9-5-13(6-10-17)11-18(20)16-8-7-14-3-1-2-4-15(14)12-16/h7-8,12-13,17H,1-6,9-11,19H2. The van der Waals surface area contributed by atoms with Gasteiger partial charge >= 0.3 is 0 Å². The Hall–Kier alpha value is -1.15. The lowest BCUT2D eigenvalue weighted by molar-refractivity contribution is 0.0948. The number of carbonyl (C=O) groups excluding carboxylic acids is 1. The largest absolute Gasteiger partial charge is 0.328 e. The Morgan fingerprint density at radius 1 is 1.05 bits per heavy atom. The van der Waals surface area contributed by atoms with E-state index in [1.54, 1.807) is 0 Å². The van der Waals surface area contributed by atoms with E-state index in [0.717, 1.165) is 37.7 Å². The van der Waals surface area contributed by atoms with Crippen LogP contribution < -0.4 is 5.73 Å². The molecule has 0 aliphatic heterocycles. The maximum absolute atomic E-state index is 12.4. The third-order valence-electron chi connectivity index (χ3n) is 5.04. The summed E-state index contributed by atoms with van der Waals surface area (Å²) in [6, 6.07) is 6.75. The van der Waals surface area contributed by atoms with Gasteiger partial charge in [0.25, 0.3) is 0 Å². The van der Waals surface area contributed by atoms with Crippen LogP contribution in [0.4, 0.5) is 0 Å². The molecule has 1 aromatic carbocycles. The second kappa shape index (κ2) is 6.09. The molecule has 0 aromatic heterocycles. The van der Waals surface area contributed by atoms with E-state index in [2.05, 4.69) is 12.1 Å². The lowest BCUT2D eigenvalue weighted by atomic mass is 9.82. The molecule has 0 heterocycles. The fourth-order valence-electron chi connectivity index (χ4n) is 3.68. The van der Waals surface area contributed by atoms with Gasteiger partial charge in [-0.1, -0.05) is 12.1 Å². The van der Waals surface area contributed by atoms with Gasteiger partial charge in [0.05, 0.1) is 0 Å². The monoisotopic (exact) mass is 271 g/mol. The summed E-state index contributed by atoms with van der Waals surface area (Å²) in [5, 5.41) is 0. The van der Waals surface area contributed by atoms with Crippen molar-refractivity contribution in [1.29, 1.82) is 0 Å². The Labute approximate surface area is 121 Å². The number of ketones is 1. The van der Waals surface area contributed by atoms with Crippen LogP contribution in [0.2, 0.25) is 0 Å². The maximum atomic E-state index is 12.4. The first-order valence-electron chi connectivity index (χ1n) is 8.13. The van der Waals surface area contributed by atoms with Gasteiger partial charge in [-0.25, -0.2) is 0 Å². The summed E-state index contributed by atoms with van der Waals surface area (Å²) in [5.74, 6) is 0.886. The van der Waals surface area contributed by atoms with E-state index in [0.29, 0.717) is 24.2 Å². The van der Waals surface area contributed by atoms with E-state index in [1.165, 1.54) is 30.4 Å². The molecule has 2 aliphatic carbocycles. The molecule has 108 valence electrons. The Balaban J connectivity index is 1.65. The highest BCUT2D eigenvalue weighted by molar-refractivity contribution is 5.96. The van der Waals surface area contributed by atoms with Gasteiger partial charge in [-0.05, 0) is 74.5 Å². The molecule has 3 rings (SSSR count). The number of rotatable bonds is 3. The van der Waals surface area contributed by atoms with E-state index in [1.807, 2.05) is 6.07 Å². The summed E-state index contributed by atoms with van der Waals surface area (Å²) in [6.45, 7) is 0. The van der Waals surface area contributed by atoms with Gasteiger partial charge in [0.15, 0.2) is 5.78 Å². The molecule has 0 saturated heterocycles. The van der Waals surface area contributed by atoms with Crippen LogP contribution in [0.15, 0.2) is 18.2 Å². The quantitative estimate of drug-likeness (QED) is 0.853. The molecule has 0 radical (unpaired) electrons. The lowest BCUT2D eigenvalue weighted by Gasteiger charge is -2.25. The minimum Gasteiger partial charge on any atom is -0.328 e. The van der Waals surface area contributed by atoms with Crippen LogP contribution in [0, 0.1) is 5.92 Å². The zero-order chi connectivity index (χ0) is 13.9. The van der Waals surface area contributed by atoms with Crippen LogP contribution >= 0.6 is 0 Å². The van der Waals surface area contributed by atoms with Gasteiger partial charge in [0.1, 0.15) is 0 Å². The van der Waals surface area contributed by atoms with Crippen molar-refractivity contribution in [2.75, 3.05) is 0 Å². The van der Waals surface area contributed by atoms with Crippen LogP contribution in [0.1, 0.15) is 66.4 Å². The molecule has 0 bridgehead atoms. The van der Waals surface area contributed by atoms with Crippen molar-refractivity contribution in [2.24, 2.45) is 11.7 Å². The lowest BCUT2D eigenvalue weighted by Crippen LogP contribution is -2.27. The van der Waals surface area contributed by atoms with Crippen molar-refractivity contribution < 1.29 is 4.79 Å². The molecule has 2 N–H and O–H groups in total. The van der Waals surface area contributed by atoms with Crippen LogP contribution in [0.25, 0.3) is 0 Å². The average Bonchev–Trinajstić information content (AvgIpc) is 2.49. The molecule has 0 unspecified atom stereocenters. The van der Waals surface area contributed by atoms with Crippen molar-refractivity contribution in [1.82, 2.24) is 0 Å².